The maximum atomic E-state index is 4.61. The minimum Gasteiger partial charge on any atom is -0.366 e. The molecule has 0 N–H and O–H groups in total. The first-order valence-corrected chi connectivity index (χ1v) is 9.42. The summed E-state index contributed by atoms with van der Waals surface area (Å²) in [5, 5.41) is 0. The molecule has 0 aromatic heterocycles. The summed E-state index contributed by atoms with van der Waals surface area (Å²) in [7, 11) is 4.15. The van der Waals surface area contributed by atoms with Crippen molar-refractivity contribution in [3.05, 3.63) is 47.5 Å². The molecular weight excluding hydrogens is 314 g/mol. The zero-order valence-electron chi connectivity index (χ0n) is 15.5. The van der Waals surface area contributed by atoms with Gasteiger partial charge in [0.1, 0.15) is 0 Å². The molecule has 3 nitrogen and oxygen atoms in total. The van der Waals surface area contributed by atoms with E-state index in [9.17, 15) is 0 Å². The zero-order valence-corrected chi connectivity index (χ0v) is 16.3. The largest absolute Gasteiger partial charge is 0.366 e. The van der Waals surface area contributed by atoms with Crippen molar-refractivity contribution < 1.29 is 0 Å². The van der Waals surface area contributed by atoms with E-state index in [1.807, 2.05) is 13.4 Å². The summed E-state index contributed by atoms with van der Waals surface area (Å²) < 4.78 is 0. The molecule has 0 saturated carbocycles. The number of hydrogen-bond donors (Lipinski definition) is 0. The molecule has 0 amide bonds. The van der Waals surface area contributed by atoms with Crippen molar-refractivity contribution in [2.24, 2.45) is 4.99 Å². The summed E-state index contributed by atoms with van der Waals surface area (Å²) in [5.74, 6) is 0. The van der Waals surface area contributed by atoms with Gasteiger partial charge in [0, 0.05) is 36.9 Å². The van der Waals surface area contributed by atoms with Crippen molar-refractivity contribution in [3.63, 3.8) is 0 Å². The number of aryl methyl sites for hydroxylation is 2. The van der Waals surface area contributed by atoms with Gasteiger partial charge in [-0.25, -0.2) is 4.99 Å². The lowest BCUT2D eigenvalue weighted by molar-refractivity contribution is 0.552. The van der Waals surface area contributed by atoms with E-state index < -0.39 is 0 Å². The normalized spacial score (nSPS) is 11.1. The zero-order chi connectivity index (χ0) is 17.7. The summed E-state index contributed by atoms with van der Waals surface area (Å²) in [6.45, 7) is 7.33. The second-order valence-corrected chi connectivity index (χ2v) is 6.88. The minimum absolute atomic E-state index is 0.953. The molecule has 0 aliphatic carbocycles. The van der Waals surface area contributed by atoms with Crippen molar-refractivity contribution in [1.82, 2.24) is 4.90 Å². The molecule has 0 spiro atoms. The molecular formula is C20H27N3S. The van der Waals surface area contributed by atoms with Gasteiger partial charge in [0.2, 0.25) is 0 Å². The smallest absolute Gasteiger partial charge is 0.0909 e. The van der Waals surface area contributed by atoms with Crippen LogP contribution in [0.25, 0.3) is 0 Å². The minimum atomic E-state index is 0.953. The van der Waals surface area contributed by atoms with Gasteiger partial charge in [-0.1, -0.05) is 0 Å². The van der Waals surface area contributed by atoms with Crippen LogP contribution in [0.2, 0.25) is 0 Å². The predicted molar refractivity (Wildman–Crippen MR) is 109 cm³/mol. The summed E-state index contributed by atoms with van der Waals surface area (Å²) in [5.41, 5.74) is 5.85. The quantitative estimate of drug-likeness (QED) is 0.398. The topological polar surface area (TPSA) is 18.8 Å². The molecule has 0 heterocycles. The molecule has 0 radical (unpaired) electrons. The number of aliphatic imine (C=N–C) groups is 1. The van der Waals surface area contributed by atoms with Gasteiger partial charge in [-0.2, -0.15) is 0 Å². The van der Waals surface area contributed by atoms with Crippen LogP contribution in [0.3, 0.4) is 0 Å². The molecule has 0 saturated heterocycles. The van der Waals surface area contributed by atoms with E-state index in [0.717, 1.165) is 12.2 Å². The first-order valence-electron chi connectivity index (χ1n) is 8.19. The lowest BCUT2D eigenvalue weighted by Crippen LogP contribution is -2.14. The molecule has 0 aliphatic heterocycles. The van der Waals surface area contributed by atoms with Crippen molar-refractivity contribution in [1.29, 1.82) is 0 Å². The first kappa shape index (κ1) is 18.4. The lowest BCUT2D eigenvalue weighted by Gasteiger charge is -2.23. The van der Waals surface area contributed by atoms with Gasteiger partial charge < -0.3 is 9.80 Å². The average Bonchev–Trinajstić information content (AvgIpc) is 2.61. The fourth-order valence-electron chi connectivity index (χ4n) is 2.47. The van der Waals surface area contributed by atoms with Crippen LogP contribution in [0.4, 0.5) is 17.1 Å². The van der Waals surface area contributed by atoms with Crippen LogP contribution in [0.5, 0.6) is 0 Å². The molecule has 0 unspecified atom stereocenters. The molecule has 0 fully saturated rings. The van der Waals surface area contributed by atoms with Gasteiger partial charge >= 0.3 is 0 Å². The molecule has 2 rings (SSSR count). The highest BCUT2D eigenvalue weighted by molar-refractivity contribution is 7.98. The highest BCUT2D eigenvalue weighted by Gasteiger charge is 2.10. The van der Waals surface area contributed by atoms with E-state index in [1.165, 1.54) is 27.4 Å². The van der Waals surface area contributed by atoms with Crippen molar-refractivity contribution in [3.8, 4) is 0 Å². The van der Waals surface area contributed by atoms with E-state index in [2.05, 4.69) is 85.3 Å². The summed E-state index contributed by atoms with van der Waals surface area (Å²) in [4.78, 5) is 10.2. The monoisotopic (exact) mass is 341 g/mol. The molecule has 0 aliphatic rings. The Morgan fingerprint density at radius 3 is 2.29 bits per heavy atom. The number of anilines is 2. The maximum Gasteiger partial charge on any atom is 0.0909 e. The Bertz CT molecular complexity index is 708. The highest BCUT2D eigenvalue weighted by atomic mass is 32.2. The Hall–Kier alpha value is -1.94. The van der Waals surface area contributed by atoms with Crippen LogP contribution >= 0.6 is 11.8 Å². The van der Waals surface area contributed by atoms with Crippen molar-refractivity contribution in [2.75, 3.05) is 31.8 Å². The molecule has 24 heavy (non-hydrogen) atoms. The average molecular weight is 342 g/mol. The van der Waals surface area contributed by atoms with Crippen LogP contribution in [-0.4, -0.2) is 38.1 Å². The molecule has 128 valence electrons. The number of hydrogen-bond acceptors (Lipinski definition) is 3. The SMILES string of the molecule is CCN(C)C=Nc1cc(C)c(N(C)c2ccc(SC)cc2)cc1C. The Morgan fingerprint density at radius 1 is 1.04 bits per heavy atom. The van der Waals surface area contributed by atoms with E-state index in [0.29, 0.717) is 0 Å². The number of benzene rings is 2. The Kier molecular flexibility index (Phi) is 6.32. The number of nitrogens with zero attached hydrogens (tertiary/aromatic N) is 3. The van der Waals surface area contributed by atoms with Gasteiger partial charge in [0.05, 0.1) is 12.0 Å². The fraction of sp³-hybridized carbons (Fsp3) is 0.350. The van der Waals surface area contributed by atoms with Crippen LogP contribution in [-0.2, 0) is 0 Å². The lowest BCUT2D eigenvalue weighted by atomic mass is 10.1. The van der Waals surface area contributed by atoms with Crippen LogP contribution in [0.1, 0.15) is 18.1 Å². The van der Waals surface area contributed by atoms with Gasteiger partial charge in [-0.05, 0) is 74.6 Å². The third kappa shape index (κ3) is 4.32. The molecule has 2 aromatic rings. The predicted octanol–water partition coefficient (Wildman–Crippen LogP) is 5.40. The number of rotatable bonds is 6. The van der Waals surface area contributed by atoms with Crippen molar-refractivity contribution >= 4 is 35.2 Å². The summed E-state index contributed by atoms with van der Waals surface area (Å²) in [6.07, 6.45) is 3.99. The fourth-order valence-corrected chi connectivity index (χ4v) is 2.88. The summed E-state index contributed by atoms with van der Waals surface area (Å²) in [6, 6.07) is 13.1. The van der Waals surface area contributed by atoms with E-state index in [1.54, 1.807) is 11.8 Å². The van der Waals surface area contributed by atoms with Crippen LogP contribution < -0.4 is 4.90 Å². The van der Waals surface area contributed by atoms with Gasteiger partial charge in [0.15, 0.2) is 0 Å². The molecule has 0 atom stereocenters. The highest BCUT2D eigenvalue weighted by Crippen LogP contribution is 2.33. The molecule has 2 aromatic carbocycles. The van der Waals surface area contributed by atoms with Crippen LogP contribution in [0.15, 0.2) is 46.3 Å². The van der Waals surface area contributed by atoms with Crippen LogP contribution in [0, 0.1) is 13.8 Å². The first-order chi connectivity index (χ1) is 11.5. The third-order valence-electron chi connectivity index (χ3n) is 4.23. The standard InChI is InChI=1S/C20H27N3S/c1-7-22(4)14-21-19-12-16(3)20(13-15(19)2)23(5)17-8-10-18(24-6)11-9-17/h8-14H,7H2,1-6H3. The Morgan fingerprint density at radius 2 is 1.71 bits per heavy atom. The maximum absolute atomic E-state index is 4.61. The van der Waals surface area contributed by atoms with Gasteiger partial charge in [-0.3, -0.25) is 0 Å². The van der Waals surface area contributed by atoms with Gasteiger partial charge in [-0.15, -0.1) is 11.8 Å². The molecule has 0 bridgehead atoms. The third-order valence-corrected chi connectivity index (χ3v) is 4.97. The van der Waals surface area contributed by atoms with Gasteiger partial charge in [0.25, 0.3) is 0 Å². The van der Waals surface area contributed by atoms with E-state index in [-0.39, 0.29) is 0 Å². The Balaban J connectivity index is 2.30. The summed E-state index contributed by atoms with van der Waals surface area (Å²) >= 11 is 1.76. The second-order valence-electron chi connectivity index (χ2n) is 6.00. The molecule has 4 heteroatoms. The van der Waals surface area contributed by atoms with Crippen molar-refractivity contribution in [2.45, 2.75) is 25.7 Å². The number of thioether (sulfide) groups is 1. The second kappa shape index (κ2) is 8.25. The Labute approximate surface area is 150 Å². The van der Waals surface area contributed by atoms with E-state index >= 15 is 0 Å². The van der Waals surface area contributed by atoms with E-state index in [4.69, 9.17) is 0 Å².